The normalized spacial score (nSPS) is 11.1. The van der Waals surface area contributed by atoms with E-state index in [2.05, 4.69) is 69.9 Å². The van der Waals surface area contributed by atoms with E-state index < -0.39 is 0 Å². The van der Waals surface area contributed by atoms with Gasteiger partial charge in [0.15, 0.2) is 0 Å². The average molecular weight is 372 g/mol. The number of aromatic nitrogens is 1. The fraction of sp³-hybridized carbons (Fsp3) is 0.300. The second-order valence-electron chi connectivity index (χ2n) is 5.87. The molecule has 0 saturated heterocycles. The van der Waals surface area contributed by atoms with Crippen molar-refractivity contribution in [1.82, 2.24) is 4.57 Å². The summed E-state index contributed by atoms with van der Waals surface area (Å²) in [6, 6.07) is 17.2. The van der Waals surface area contributed by atoms with E-state index >= 15 is 0 Å². The smallest absolute Gasteiger partial charge is 0.119 e. The largest absolute Gasteiger partial charge is 0.497 e. The number of aryl methyl sites for hydroxylation is 1. The minimum atomic E-state index is 0.917. The lowest BCUT2D eigenvalue weighted by atomic mass is 10.1. The Morgan fingerprint density at radius 3 is 2.52 bits per heavy atom. The maximum Gasteiger partial charge on any atom is 0.119 e. The zero-order chi connectivity index (χ0) is 16.2. The summed E-state index contributed by atoms with van der Waals surface area (Å²) in [7, 11) is 1.72. The first-order valence-corrected chi connectivity index (χ1v) is 8.91. The summed E-state index contributed by atoms with van der Waals surface area (Å²) >= 11 is 3.50. The molecule has 0 aliphatic rings. The standard InChI is InChI=1S/C20H22BrNO/c1-3-4-11-22-18(12-15-5-7-17(21)8-6-15)13-16-14-19(23-2)9-10-20(16)22/h5-10,13-14H,3-4,11-12H2,1-2H3. The highest BCUT2D eigenvalue weighted by molar-refractivity contribution is 9.10. The van der Waals surface area contributed by atoms with Crippen molar-refractivity contribution in [2.45, 2.75) is 32.7 Å². The Morgan fingerprint density at radius 2 is 1.83 bits per heavy atom. The lowest BCUT2D eigenvalue weighted by Gasteiger charge is -2.11. The Labute approximate surface area is 146 Å². The van der Waals surface area contributed by atoms with Crippen LogP contribution in [-0.2, 0) is 13.0 Å². The molecule has 0 aliphatic heterocycles. The first-order chi connectivity index (χ1) is 11.2. The van der Waals surface area contributed by atoms with E-state index in [4.69, 9.17) is 4.74 Å². The molecule has 0 fully saturated rings. The molecule has 0 bridgehead atoms. The van der Waals surface area contributed by atoms with Gasteiger partial charge in [-0.2, -0.15) is 0 Å². The Balaban J connectivity index is 2.00. The molecule has 0 aliphatic carbocycles. The van der Waals surface area contributed by atoms with E-state index in [-0.39, 0.29) is 0 Å². The summed E-state index contributed by atoms with van der Waals surface area (Å²) in [6.07, 6.45) is 3.35. The molecule has 2 nitrogen and oxygen atoms in total. The minimum Gasteiger partial charge on any atom is -0.497 e. The highest BCUT2D eigenvalue weighted by Gasteiger charge is 2.10. The molecule has 3 aromatic rings. The van der Waals surface area contributed by atoms with E-state index in [1.54, 1.807) is 7.11 Å². The van der Waals surface area contributed by atoms with Gasteiger partial charge >= 0.3 is 0 Å². The van der Waals surface area contributed by atoms with Gasteiger partial charge in [0.25, 0.3) is 0 Å². The van der Waals surface area contributed by atoms with Crippen LogP contribution in [0, 0.1) is 0 Å². The molecule has 3 heteroatoms. The molecule has 0 atom stereocenters. The number of unbranched alkanes of at least 4 members (excludes halogenated alkanes) is 1. The van der Waals surface area contributed by atoms with Crippen LogP contribution in [0.2, 0.25) is 0 Å². The van der Waals surface area contributed by atoms with Gasteiger partial charge in [-0.05, 0) is 48.4 Å². The predicted octanol–water partition coefficient (Wildman–Crippen LogP) is 5.80. The molecular weight excluding hydrogens is 350 g/mol. The van der Waals surface area contributed by atoms with Crippen LogP contribution in [0.3, 0.4) is 0 Å². The summed E-state index contributed by atoms with van der Waals surface area (Å²) in [5.41, 5.74) is 4.00. The third kappa shape index (κ3) is 3.61. The van der Waals surface area contributed by atoms with Gasteiger partial charge < -0.3 is 9.30 Å². The SMILES string of the molecule is CCCCn1c(Cc2ccc(Br)cc2)cc2cc(OC)ccc21. The van der Waals surface area contributed by atoms with Crippen LogP contribution in [0.1, 0.15) is 31.0 Å². The van der Waals surface area contributed by atoms with Gasteiger partial charge in [-0.1, -0.05) is 41.4 Å². The highest BCUT2D eigenvalue weighted by Crippen LogP contribution is 2.27. The molecule has 0 saturated carbocycles. The summed E-state index contributed by atoms with van der Waals surface area (Å²) in [5.74, 6) is 0.917. The zero-order valence-electron chi connectivity index (χ0n) is 13.7. The third-order valence-corrected chi connectivity index (χ3v) is 4.76. The van der Waals surface area contributed by atoms with Crippen molar-refractivity contribution in [2.24, 2.45) is 0 Å². The topological polar surface area (TPSA) is 14.2 Å². The number of halogens is 1. The van der Waals surface area contributed by atoms with Crippen LogP contribution < -0.4 is 4.74 Å². The number of ether oxygens (including phenoxy) is 1. The number of fused-ring (bicyclic) bond motifs is 1. The van der Waals surface area contributed by atoms with Crippen molar-refractivity contribution >= 4 is 26.8 Å². The second kappa shape index (κ2) is 7.22. The van der Waals surface area contributed by atoms with Crippen molar-refractivity contribution in [1.29, 1.82) is 0 Å². The van der Waals surface area contributed by atoms with Gasteiger partial charge in [-0.3, -0.25) is 0 Å². The quantitative estimate of drug-likeness (QED) is 0.533. The lowest BCUT2D eigenvalue weighted by molar-refractivity contribution is 0.415. The molecule has 1 aromatic heterocycles. The van der Waals surface area contributed by atoms with Crippen molar-refractivity contribution in [3.63, 3.8) is 0 Å². The van der Waals surface area contributed by atoms with Crippen molar-refractivity contribution < 1.29 is 4.74 Å². The molecule has 1 heterocycles. The summed E-state index contributed by atoms with van der Waals surface area (Å²) in [5, 5.41) is 1.26. The van der Waals surface area contributed by atoms with Crippen LogP contribution in [0.15, 0.2) is 53.0 Å². The Morgan fingerprint density at radius 1 is 1.04 bits per heavy atom. The van der Waals surface area contributed by atoms with Gasteiger partial charge in [0.05, 0.1) is 7.11 Å². The summed E-state index contributed by atoms with van der Waals surface area (Å²) < 4.78 is 8.95. The second-order valence-corrected chi connectivity index (χ2v) is 6.78. The Hall–Kier alpha value is -1.74. The summed E-state index contributed by atoms with van der Waals surface area (Å²) in [6.45, 7) is 3.31. The number of rotatable bonds is 6. The first-order valence-electron chi connectivity index (χ1n) is 8.12. The predicted molar refractivity (Wildman–Crippen MR) is 100 cm³/mol. The van der Waals surface area contributed by atoms with E-state index in [1.807, 2.05) is 6.07 Å². The van der Waals surface area contributed by atoms with E-state index in [0.29, 0.717) is 0 Å². The van der Waals surface area contributed by atoms with Crippen LogP contribution in [-0.4, -0.2) is 11.7 Å². The van der Waals surface area contributed by atoms with Gasteiger partial charge in [-0.25, -0.2) is 0 Å². The molecule has 0 amide bonds. The van der Waals surface area contributed by atoms with Crippen LogP contribution in [0.25, 0.3) is 10.9 Å². The number of hydrogen-bond donors (Lipinski definition) is 0. The van der Waals surface area contributed by atoms with Crippen molar-refractivity contribution in [3.05, 3.63) is 64.3 Å². The van der Waals surface area contributed by atoms with E-state index in [1.165, 1.54) is 35.0 Å². The number of benzene rings is 2. The summed E-state index contributed by atoms with van der Waals surface area (Å²) in [4.78, 5) is 0. The molecule has 23 heavy (non-hydrogen) atoms. The fourth-order valence-electron chi connectivity index (χ4n) is 2.97. The molecule has 0 radical (unpaired) electrons. The maximum atomic E-state index is 5.37. The Kier molecular flexibility index (Phi) is 5.06. The fourth-order valence-corrected chi connectivity index (χ4v) is 3.24. The van der Waals surface area contributed by atoms with Crippen molar-refractivity contribution in [3.8, 4) is 5.75 Å². The molecule has 0 spiro atoms. The van der Waals surface area contributed by atoms with Crippen LogP contribution >= 0.6 is 15.9 Å². The van der Waals surface area contributed by atoms with Crippen LogP contribution in [0.5, 0.6) is 5.75 Å². The van der Waals surface area contributed by atoms with E-state index in [0.717, 1.165) is 23.2 Å². The van der Waals surface area contributed by atoms with E-state index in [9.17, 15) is 0 Å². The average Bonchev–Trinajstić information content (AvgIpc) is 2.91. The molecule has 2 aromatic carbocycles. The molecule has 0 N–H and O–H groups in total. The number of nitrogens with zero attached hydrogens (tertiary/aromatic N) is 1. The van der Waals surface area contributed by atoms with Gasteiger partial charge in [0.1, 0.15) is 5.75 Å². The molecule has 0 unspecified atom stereocenters. The van der Waals surface area contributed by atoms with Gasteiger partial charge in [-0.15, -0.1) is 0 Å². The number of hydrogen-bond acceptors (Lipinski definition) is 1. The zero-order valence-corrected chi connectivity index (χ0v) is 15.3. The Bertz CT molecular complexity index is 789. The maximum absolute atomic E-state index is 5.37. The minimum absolute atomic E-state index is 0.917. The molecule has 3 rings (SSSR count). The number of methoxy groups -OCH3 is 1. The highest BCUT2D eigenvalue weighted by atomic mass is 79.9. The van der Waals surface area contributed by atoms with Crippen LogP contribution in [0.4, 0.5) is 0 Å². The lowest BCUT2D eigenvalue weighted by Crippen LogP contribution is -2.03. The molecule has 120 valence electrons. The molecular formula is C20H22BrNO. The van der Waals surface area contributed by atoms with Crippen molar-refractivity contribution in [2.75, 3.05) is 7.11 Å². The first kappa shape index (κ1) is 16.1. The monoisotopic (exact) mass is 371 g/mol. The van der Waals surface area contributed by atoms with Gasteiger partial charge in [0, 0.05) is 34.0 Å². The van der Waals surface area contributed by atoms with Gasteiger partial charge in [0.2, 0.25) is 0 Å². The third-order valence-electron chi connectivity index (χ3n) is 4.23.